The van der Waals surface area contributed by atoms with Gasteiger partial charge in [-0.15, -0.1) is 0 Å². The Bertz CT molecular complexity index is 538. The summed E-state index contributed by atoms with van der Waals surface area (Å²) >= 11 is 0. The van der Waals surface area contributed by atoms with Crippen molar-refractivity contribution in [3.63, 3.8) is 0 Å². The van der Waals surface area contributed by atoms with Crippen LogP contribution in [0.15, 0.2) is 42.5 Å². The van der Waals surface area contributed by atoms with Gasteiger partial charge in [-0.05, 0) is 36.2 Å². The van der Waals surface area contributed by atoms with Crippen molar-refractivity contribution in [2.24, 2.45) is 0 Å². The normalized spacial score (nSPS) is 10.4. The Labute approximate surface area is 106 Å². The molecule has 0 spiro atoms. The number of aliphatic hydroxyl groups excluding tert-OH is 1. The Morgan fingerprint density at radius 3 is 2.67 bits per heavy atom. The van der Waals surface area contributed by atoms with Crippen LogP contribution in [-0.4, -0.2) is 5.11 Å². The fraction of sp³-hybridized carbons (Fsp3) is 0.200. The van der Waals surface area contributed by atoms with Gasteiger partial charge in [-0.3, -0.25) is 0 Å². The Hall–Kier alpha value is -1.87. The summed E-state index contributed by atoms with van der Waals surface area (Å²) in [5, 5.41) is 9.32. The second-order valence-electron chi connectivity index (χ2n) is 4.01. The monoisotopic (exact) mass is 246 g/mol. The molecule has 3 heteroatoms. The molecule has 2 nitrogen and oxygen atoms in total. The average Bonchev–Trinajstić information content (AvgIpc) is 2.39. The van der Waals surface area contributed by atoms with Crippen LogP contribution >= 0.6 is 0 Å². The SMILES string of the molecule is CCc1ccc(Oc2cccc(F)c2)c(CO)c1. The number of aliphatic hydroxyl groups is 1. The molecule has 0 aliphatic heterocycles. The van der Waals surface area contributed by atoms with E-state index >= 15 is 0 Å². The van der Waals surface area contributed by atoms with E-state index in [0.717, 1.165) is 12.0 Å². The molecule has 0 saturated heterocycles. The summed E-state index contributed by atoms with van der Waals surface area (Å²) in [4.78, 5) is 0. The predicted octanol–water partition coefficient (Wildman–Crippen LogP) is 3.67. The van der Waals surface area contributed by atoms with Gasteiger partial charge in [-0.25, -0.2) is 4.39 Å². The molecule has 0 aliphatic rings. The first-order valence-corrected chi connectivity index (χ1v) is 5.89. The third-order valence-electron chi connectivity index (χ3n) is 2.73. The summed E-state index contributed by atoms with van der Waals surface area (Å²) < 4.78 is 18.6. The second-order valence-corrected chi connectivity index (χ2v) is 4.01. The van der Waals surface area contributed by atoms with Gasteiger partial charge in [0, 0.05) is 11.6 Å². The van der Waals surface area contributed by atoms with E-state index in [1.807, 2.05) is 19.1 Å². The maximum absolute atomic E-state index is 13.0. The van der Waals surface area contributed by atoms with E-state index in [2.05, 4.69) is 0 Å². The molecule has 0 saturated carbocycles. The summed E-state index contributed by atoms with van der Waals surface area (Å²) in [6, 6.07) is 11.6. The molecule has 2 aromatic rings. The zero-order valence-electron chi connectivity index (χ0n) is 10.2. The van der Waals surface area contributed by atoms with Crippen molar-refractivity contribution in [2.45, 2.75) is 20.0 Å². The van der Waals surface area contributed by atoms with Gasteiger partial charge < -0.3 is 9.84 Å². The Morgan fingerprint density at radius 1 is 1.17 bits per heavy atom. The smallest absolute Gasteiger partial charge is 0.132 e. The third-order valence-corrected chi connectivity index (χ3v) is 2.73. The van der Waals surface area contributed by atoms with Gasteiger partial charge in [0.15, 0.2) is 0 Å². The van der Waals surface area contributed by atoms with Crippen LogP contribution < -0.4 is 4.74 Å². The summed E-state index contributed by atoms with van der Waals surface area (Å²) in [6.45, 7) is 1.95. The van der Waals surface area contributed by atoms with Crippen LogP contribution in [0, 0.1) is 5.82 Å². The van der Waals surface area contributed by atoms with E-state index in [-0.39, 0.29) is 12.4 Å². The Kier molecular flexibility index (Phi) is 3.95. The largest absolute Gasteiger partial charge is 0.457 e. The molecule has 0 aliphatic carbocycles. The van der Waals surface area contributed by atoms with Crippen molar-refractivity contribution < 1.29 is 14.2 Å². The molecule has 94 valence electrons. The van der Waals surface area contributed by atoms with E-state index in [9.17, 15) is 9.50 Å². The van der Waals surface area contributed by atoms with Gasteiger partial charge in [0.25, 0.3) is 0 Å². The van der Waals surface area contributed by atoms with Crippen molar-refractivity contribution >= 4 is 0 Å². The molecule has 0 radical (unpaired) electrons. The summed E-state index contributed by atoms with van der Waals surface area (Å²) in [5.41, 5.74) is 1.84. The number of rotatable bonds is 4. The fourth-order valence-corrected chi connectivity index (χ4v) is 1.73. The fourth-order valence-electron chi connectivity index (χ4n) is 1.73. The van der Waals surface area contributed by atoms with E-state index < -0.39 is 0 Å². The molecule has 0 unspecified atom stereocenters. The molecule has 0 aromatic heterocycles. The second kappa shape index (κ2) is 5.65. The average molecular weight is 246 g/mol. The van der Waals surface area contributed by atoms with Crippen LogP contribution in [0.2, 0.25) is 0 Å². The first kappa shape index (κ1) is 12.6. The van der Waals surface area contributed by atoms with E-state index in [0.29, 0.717) is 17.1 Å². The highest BCUT2D eigenvalue weighted by Crippen LogP contribution is 2.27. The minimum atomic E-state index is -0.344. The van der Waals surface area contributed by atoms with Gasteiger partial charge in [0.05, 0.1) is 6.61 Å². The molecule has 18 heavy (non-hydrogen) atoms. The lowest BCUT2D eigenvalue weighted by molar-refractivity contribution is 0.276. The van der Waals surface area contributed by atoms with Crippen molar-refractivity contribution in [1.82, 2.24) is 0 Å². The van der Waals surface area contributed by atoms with Crippen LogP contribution in [0.1, 0.15) is 18.1 Å². The predicted molar refractivity (Wildman–Crippen MR) is 68.2 cm³/mol. The van der Waals surface area contributed by atoms with Crippen molar-refractivity contribution in [3.8, 4) is 11.5 Å². The van der Waals surface area contributed by atoms with Gasteiger partial charge >= 0.3 is 0 Å². The van der Waals surface area contributed by atoms with E-state index in [4.69, 9.17) is 4.74 Å². The summed E-state index contributed by atoms with van der Waals surface area (Å²) in [5.74, 6) is 0.637. The zero-order valence-corrected chi connectivity index (χ0v) is 10.2. The molecule has 0 bridgehead atoms. The lowest BCUT2D eigenvalue weighted by Crippen LogP contribution is -1.94. The van der Waals surface area contributed by atoms with Crippen molar-refractivity contribution in [2.75, 3.05) is 0 Å². The molecule has 0 heterocycles. The number of aryl methyl sites for hydroxylation is 1. The summed E-state index contributed by atoms with van der Waals surface area (Å²) in [7, 11) is 0. The number of hydrogen-bond donors (Lipinski definition) is 1. The van der Waals surface area contributed by atoms with Crippen LogP contribution in [0.4, 0.5) is 4.39 Å². The molecule has 2 rings (SSSR count). The molecular formula is C15H15FO2. The van der Waals surface area contributed by atoms with E-state index in [1.165, 1.54) is 12.1 Å². The number of halogens is 1. The van der Waals surface area contributed by atoms with Gasteiger partial charge in [0.1, 0.15) is 17.3 Å². The maximum Gasteiger partial charge on any atom is 0.132 e. The first-order chi connectivity index (χ1) is 8.72. The highest BCUT2D eigenvalue weighted by molar-refractivity contribution is 5.40. The standard InChI is InChI=1S/C15H15FO2/c1-2-11-6-7-15(12(8-11)10-17)18-14-5-3-4-13(16)9-14/h3-9,17H,2,10H2,1H3. The molecule has 0 fully saturated rings. The Morgan fingerprint density at radius 2 is 2.00 bits per heavy atom. The minimum Gasteiger partial charge on any atom is -0.457 e. The number of ether oxygens (including phenoxy) is 1. The molecule has 0 amide bonds. The van der Waals surface area contributed by atoms with E-state index in [1.54, 1.807) is 18.2 Å². The lowest BCUT2D eigenvalue weighted by Gasteiger charge is -2.11. The zero-order chi connectivity index (χ0) is 13.0. The molecule has 0 atom stereocenters. The quantitative estimate of drug-likeness (QED) is 0.891. The summed E-state index contributed by atoms with van der Waals surface area (Å²) in [6.07, 6.45) is 0.896. The van der Waals surface area contributed by atoms with Crippen molar-refractivity contribution in [3.05, 3.63) is 59.4 Å². The highest BCUT2D eigenvalue weighted by Gasteiger charge is 2.06. The molecular weight excluding hydrogens is 231 g/mol. The number of hydrogen-bond acceptors (Lipinski definition) is 2. The molecule has 1 N–H and O–H groups in total. The number of benzene rings is 2. The maximum atomic E-state index is 13.0. The van der Waals surface area contributed by atoms with Crippen molar-refractivity contribution in [1.29, 1.82) is 0 Å². The van der Waals surface area contributed by atoms with Gasteiger partial charge in [-0.2, -0.15) is 0 Å². The lowest BCUT2D eigenvalue weighted by atomic mass is 10.1. The van der Waals surface area contributed by atoms with Gasteiger partial charge in [-0.1, -0.05) is 19.1 Å². The Balaban J connectivity index is 2.28. The minimum absolute atomic E-state index is 0.0987. The van der Waals surface area contributed by atoms with Crippen LogP contribution in [0.3, 0.4) is 0 Å². The van der Waals surface area contributed by atoms with Gasteiger partial charge in [0.2, 0.25) is 0 Å². The molecule has 2 aromatic carbocycles. The van der Waals surface area contributed by atoms with Crippen LogP contribution in [0.5, 0.6) is 11.5 Å². The topological polar surface area (TPSA) is 29.5 Å². The van der Waals surface area contributed by atoms with Crippen LogP contribution in [-0.2, 0) is 13.0 Å². The first-order valence-electron chi connectivity index (χ1n) is 5.89. The third kappa shape index (κ3) is 2.87. The van der Waals surface area contributed by atoms with Crippen LogP contribution in [0.25, 0.3) is 0 Å². The highest BCUT2D eigenvalue weighted by atomic mass is 19.1.